The Balaban J connectivity index is 1.83. The van der Waals surface area contributed by atoms with Crippen LogP contribution < -0.4 is 0 Å². The molecule has 144 valence electrons. The molecule has 2 aromatic carbocycles. The van der Waals surface area contributed by atoms with Gasteiger partial charge in [0.05, 0.1) is 11.1 Å². The molecule has 0 aliphatic carbocycles. The minimum atomic E-state index is -0.235. The summed E-state index contributed by atoms with van der Waals surface area (Å²) in [5, 5.41) is 8.42. The summed E-state index contributed by atoms with van der Waals surface area (Å²) in [6, 6.07) is 15.0. The normalized spacial score (nSPS) is 15.9. The molecule has 7 heteroatoms. The van der Waals surface area contributed by atoms with Crippen molar-refractivity contribution in [3.63, 3.8) is 0 Å². The van der Waals surface area contributed by atoms with Gasteiger partial charge in [0, 0.05) is 36.4 Å². The summed E-state index contributed by atoms with van der Waals surface area (Å²) < 4.78 is 5.17. The number of H-pyrrole nitrogens is 1. The summed E-state index contributed by atoms with van der Waals surface area (Å²) in [6.45, 7) is 1.18. The average Bonchev–Trinajstić information content (AvgIpc) is 3.22. The van der Waals surface area contributed by atoms with Crippen LogP contribution in [0.3, 0.4) is 0 Å². The number of nitrogens with zero attached hydrogens (tertiary/aromatic N) is 2. The van der Waals surface area contributed by atoms with Crippen molar-refractivity contribution in [3.05, 3.63) is 75.4 Å². The molecule has 0 saturated carbocycles. The Kier molecular flexibility index (Phi) is 5.40. The molecule has 1 N–H and O–H groups in total. The van der Waals surface area contributed by atoms with Crippen LogP contribution in [0, 0.1) is 0 Å². The largest absolute Gasteiger partial charge is 0.385 e. The summed E-state index contributed by atoms with van der Waals surface area (Å²) in [5.74, 6) is -0.0659. The zero-order valence-corrected chi connectivity index (χ0v) is 16.8. The molecule has 4 rings (SSSR count). The molecule has 1 aliphatic heterocycles. The minimum absolute atomic E-state index is 0.0659. The van der Waals surface area contributed by atoms with Gasteiger partial charge in [-0.2, -0.15) is 5.10 Å². The molecule has 0 fully saturated rings. The lowest BCUT2D eigenvalue weighted by Crippen LogP contribution is -2.31. The summed E-state index contributed by atoms with van der Waals surface area (Å²) in [4.78, 5) is 15.0. The van der Waals surface area contributed by atoms with Crippen molar-refractivity contribution >= 4 is 29.1 Å². The number of halogens is 2. The Morgan fingerprint density at radius 3 is 2.68 bits per heavy atom. The van der Waals surface area contributed by atoms with Gasteiger partial charge in [-0.05, 0) is 30.2 Å². The van der Waals surface area contributed by atoms with Gasteiger partial charge in [-0.1, -0.05) is 53.5 Å². The van der Waals surface area contributed by atoms with Crippen LogP contribution in [-0.2, 0) is 4.74 Å². The fourth-order valence-corrected chi connectivity index (χ4v) is 4.17. The second kappa shape index (κ2) is 7.95. The van der Waals surface area contributed by atoms with E-state index in [4.69, 9.17) is 27.9 Å². The number of fused-ring (bicyclic) bond motifs is 1. The third kappa shape index (κ3) is 3.30. The molecule has 0 bridgehead atoms. The fourth-order valence-electron chi connectivity index (χ4n) is 3.68. The molecule has 1 unspecified atom stereocenters. The number of nitrogens with one attached hydrogen (secondary N) is 1. The number of aromatic nitrogens is 2. The van der Waals surface area contributed by atoms with E-state index in [1.165, 1.54) is 0 Å². The number of methoxy groups -OCH3 is 1. The van der Waals surface area contributed by atoms with E-state index in [2.05, 4.69) is 10.2 Å². The highest BCUT2D eigenvalue weighted by atomic mass is 35.5. The first-order valence-corrected chi connectivity index (χ1v) is 9.76. The molecule has 3 aromatic rings. The predicted molar refractivity (Wildman–Crippen MR) is 110 cm³/mol. The van der Waals surface area contributed by atoms with Gasteiger partial charge in [0.1, 0.15) is 11.4 Å². The highest BCUT2D eigenvalue weighted by Gasteiger charge is 2.42. The summed E-state index contributed by atoms with van der Waals surface area (Å²) in [5.41, 5.74) is 3.80. The molecular formula is C21H19Cl2N3O2. The number of carbonyl (C=O) groups is 1. The smallest absolute Gasteiger partial charge is 0.273 e. The molecule has 28 heavy (non-hydrogen) atoms. The minimum Gasteiger partial charge on any atom is -0.385 e. The maximum atomic E-state index is 13.1. The molecule has 2 heterocycles. The monoisotopic (exact) mass is 415 g/mol. The van der Waals surface area contributed by atoms with Crippen molar-refractivity contribution in [3.8, 4) is 11.3 Å². The molecule has 5 nitrogen and oxygen atoms in total. The number of carbonyl (C=O) groups excluding carboxylic acids is 1. The van der Waals surface area contributed by atoms with Crippen molar-refractivity contribution in [1.82, 2.24) is 15.1 Å². The zero-order valence-electron chi connectivity index (χ0n) is 15.3. The number of ether oxygens (including phenoxy) is 1. The van der Waals surface area contributed by atoms with E-state index in [-0.39, 0.29) is 11.9 Å². The molecule has 1 aromatic heterocycles. The predicted octanol–water partition coefficient (Wildman–Crippen LogP) is 4.97. The van der Waals surface area contributed by atoms with Crippen molar-refractivity contribution in [2.45, 2.75) is 12.5 Å². The third-order valence-corrected chi connectivity index (χ3v) is 5.46. The Morgan fingerprint density at radius 1 is 1.18 bits per heavy atom. The number of hydrogen-bond donors (Lipinski definition) is 1. The van der Waals surface area contributed by atoms with E-state index in [1.54, 1.807) is 19.2 Å². The van der Waals surface area contributed by atoms with Crippen LogP contribution >= 0.6 is 23.2 Å². The number of amides is 1. The van der Waals surface area contributed by atoms with Crippen LogP contribution in [0.25, 0.3) is 11.3 Å². The molecule has 1 atom stereocenters. The van der Waals surface area contributed by atoms with E-state index < -0.39 is 0 Å². The topological polar surface area (TPSA) is 58.2 Å². The van der Waals surface area contributed by atoms with Crippen molar-refractivity contribution in [2.24, 2.45) is 0 Å². The van der Waals surface area contributed by atoms with Crippen LogP contribution in [0.1, 0.15) is 34.1 Å². The summed E-state index contributed by atoms with van der Waals surface area (Å²) in [6.07, 6.45) is 0.750. The number of hydrogen-bond acceptors (Lipinski definition) is 3. The van der Waals surface area contributed by atoms with Crippen molar-refractivity contribution < 1.29 is 9.53 Å². The van der Waals surface area contributed by atoms with E-state index >= 15 is 0 Å². The summed E-state index contributed by atoms with van der Waals surface area (Å²) in [7, 11) is 1.66. The highest BCUT2D eigenvalue weighted by molar-refractivity contribution is 6.36. The van der Waals surface area contributed by atoms with Gasteiger partial charge in [-0.25, -0.2) is 0 Å². The van der Waals surface area contributed by atoms with Gasteiger partial charge in [0.15, 0.2) is 0 Å². The highest BCUT2D eigenvalue weighted by Crippen LogP contribution is 2.44. The third-order valence-electron chi connectivity index (χ3n) is 4.91. The van der Waals surface area contributed by atoms with E-state index in [0.717, 1.165) is 23.1 Å². The fraction of sp³-hybridized carbons (Fsp3) is 0.238. The van der Waals surface area contributed by atoms with Gasteiger partial charge < -0.3 is 9.64 Å². The van der Waals surface area contributed by atoms with Gasteiger partial charge in [0.25, 0.3) is 5.91 Å². The molecule has 1 aliphatic rings. The maximum Gasteiger partial charge on any atom is 0.273 e. The molecule has 0 radical (unpaired) electrons. The molecule has 0 spiro atoms. The average molecular weight is 416 g/mol. The lowest BCUT2D eigenvalue weighted by Gasteiger charge is -2.26. The van der Waals surface area contributed by atoms with Crippen LogP contribution in [0.5, 0.6) is 0 Å². The summed E-state index contributed by atoms with van der Waals surface area (Å²) >= 11 is 12.5. The Hall–Kier alpha value is -2.34. The van der Waals surface area contributed by atoms with Crippen LogP contribution in [0.15, 0.2) is 48.5 Å². The van der Waals surface area contributed by atoms with Gasteiger partial charge in [0.2, 0.25) is 0 Å². The Bertz CT molecular complexity index is 1000. The first-order chi connectivity index (χ1) is 13.6. The molecular weight excluding hydrogens is 397 g/mol. The van der Waals surface area contributed by atoms with E-state index in [0.29, 0.717) is 34.6 Å². The van der Waals surface area contributed by atoms with Crippen LogP contribution in [0.4, 0.5) is 0 Å². The lowest BCUT2D eigenvalue weighted by molar-refractivity contribution is 0.0723. The van der Waals surface area contributed by atoms with Gasteiger partial charge in [-0.3, -0.25) is 9.89 Å². The van der Waals surface area contributed by atoms with E-state index in [1.807, 2.05) is 41.3 Å². The molecule has 0 saturated heterocycles. The van der Waals surface area contributed by atoms with E-state index in [9.17, 15) is 4.79 Å². The van der Waals surface area contributed by atoms with Crippen LogP contribution in [-0.4, -0.2) is 41.3 Å². The van der Waals surface area contributed by atoms with Gasteiger partial charge in [-0.15, -0.1) is 0 Å². The Labute approximate surface area is 173 Å². The first kappa shape index (κ1) is 19.0. The van der Waals surface area contributed by atoms with Crippen molar-refractivity contribution in [1.29, 1.82) is 0 Å². The molecule has 1 amide bonds. The number of aromatic amines is 1. The standard InChI is InChI=1S/C21H19Cl2N3O2/c1-28-11-5-10-26-20(13-6-3-2-4-7-13)17-18(24-25-19(17)21(26)27)15-9-8-14(22)12-16(15)23/h2-4,6-9,12,20H,5,10-11H2,1H3,(H,24,25). The second-order valence-corrected chi connectivity index (χ2v) is 7.49. The SMILES string of the molecule is COCCCN1C(=O)c2[nH]nc(-c3ccc(Cl)cc3Cl)c2C1c1ccccc1. The Morgan fingerprint density at radius 2 is 1.96 bits per heavy atom. The maximum absolute atomic E-state index is 13.1. The quantitative estimate of drug-likeness (QED) is 0.578. The van der Waals surface area contributed by atoms with Gasteiger partial charge >= 0.3 is 0 Å². The van der Waals surface area contributed by atoms with Crippen molar-refractivity contribution in [2.75, 3.05) is 20.3 Å². The zero-order chi connectivity index (χ0) is 19.7. The number of rotatable bonds is 6. The first-order valence-electron chi connectivity index (χ1n) is 9.00. The second-order valence-electron chi connectivity index (χ2n) is 6.64. The number of benzene rings is 2. The van der Waals surface area contributed by atoms with Crippen LogP contribution in [0.2, 0.25) is 10.0 Å². The lowest BCUT2D eigenvalue weighted by atomic mass is 9.96.